The summed E-state index contributed by atoms with van der Waals surface area (Å²) in [5.74, 6) is 1.80. The first-order valence-electron chi connectivity index (χ1n) is 4.67. The van der Waals surface area contributed by atoms with Crippen molar-refractivity contribution in [3.8, 4) is 11.5 Å². The van der Waals surface area contributed by atoms with E-state index in [-0.39, 0.29) is 0 Å². The number of anilines is 1. The molecule has 3 rings (SSSR count). The van der Waals surface area contributed by atoms with Gasteiger partial charge in [0.2, 0.25) is 0 Å². The Morgan fingerprint density at radius 2 is 1.73 bits per heavy atom. The largest absolute Gasteiger partial charge is 0.455 e. The molecule has 74 valence electrons. The van der Waals surface area contributed by atoms with E-state index in [1.807, 2.05) is 42.5 Å². The number of rotatable bonds is 0. The van der Waals surface area contributed by atoms with Gasteiger partial charge in [-0.15, -0.1) is 0 Å². The fraction of sp³-hybridized carbons (Fsp3) is 0. The van der Waals surface area contributed by atoms with E-state index in [1.165, 1.54) is 0 Å². The van der Waals surface area contributed by atoms with Crippen molar-refractivity contribution in [2.24, 2.45) is 0 Å². The van der Waals surface area contributed by atoms with E-state index in [1.54, 1.807) is 11.8 Å². The zero-order valence-corrected chi connectivity index (χ0v) is 8.75. The minimum atomic E-state index is 0.768. The molecule has 0 aliphatic carbocycles. The molecule has 0 saturated carbocycles. The van der Waals surface area contributed by atoms with Gasteiger partial charge >= 0.3 is 0 Å². The minimum Gasteiger partial charge on any atom is -0.455 e. The maximum atomic E-state index is 5.76. The zero-order chi connectivity index (χ0) is 10.3. The number of fused-ring (bicyclic) bond motifs is 2. The van der Waals surface area contributed by atoms with Crippen molar-refractivity contribution < 1.29 is 4.74 Å². The van der Waals surface area contributed by atoms with Crippen molar-refractivity contribution in [2.45, 2.75) is 9.79 Å². The van der Waals surface area contributed by atoms with Crippen molar-refractivity contribution in [2.75, 3.05) is 5.73 Å². The highest BCUT2D eigenvalue weighted by Gasteiger charge is 2.16. The number of nitrogens with two attached hydrogens (primary N) is 1. The highest BCUT2D eigenvalue weighted by Crippen LogP contribution is 2.47. The number of ether oxygens (including phenoxy) is 1. The Morgan fingerprint density at radius 3 is 2.67 bits per heavy atom. The van der Waals surface area contributed by atoms with Gasteiger partial charge in [-0.05, 0) is 30.3 Å². The first kappa shape index (κ1) is 8.68. The highest BCUT2D eigenvalue weighted by atomic mass is 32.2. The molecule has 0 radical (unpaired) electrons. The second kappa shape index (κ2) is 3.21. The monoisotopic (exact) mass is 215 g/mol. The minimum absolute atomic E-state index is 0.768. The Labute approximate surface area is 92.1 Å². The zero-order valence-electron chi connectivity index (χ0n) is 7.94. The van der Waals surface area contributed by atoms with Crippen LogP contribution < -0.4 is 10.5 Å². The Bertz CT molecular complexity index is 525. The van der Waals surface area contributed by atoms with E-state index in [2.05, 4.69) is 0 Å². The van der Waals surface area contributed by atoms with E-state index in [0.29, 0.717) is 0 Å². The Hall–Kier alpha value is -1.61. The molecular formula is C12H9NOS. The lowest BCUT2D eigenvalue weighted by Gasteiger charge is -2.19. The number of nitrogen functional groups attached to an aromatic ring is 1. The van der Waals surface area contributed by atoms with Gasteiger partial charge in [-0.25, -0.2) is 0 Å². The van der Waals surface area contributed by atoms with Gasteiger partial charge < -0.3 is 10.5 Å². The molecule has 2 aromatic rings. The molecule has 2 aromatic carbocycles. The standard InChI is InChI=1S/C12H9NOS/c13-8-5-6-10-12(7-8)15-11-4-2-1-3-9(11)14-10/h1-7H,13H2. The summed E-state index contributed by atoms with van der Waals surface area (Å²) in [7, 11) is 0. The van der Waals surface area contributed by atoms with Crippen LogP contribution in [0.3, 0.4) is 0 Å². The fourth-order valence-electron chi connectivity index (χ4n) is 1.54. The summed E-state index contributed by atoms with van der Waals surface area (Å²) >= 11 is 1.69. The second-order valence-electron chi connectivity index (χ2n) is 3.36. The molecule has 15 heavy (non-hydrogen) atoms. The van der Waals surface area contributed by atoms with Gasteiger partial charge in [-0.3, -0.25) is 0 Å². The summed E-state index contributed by atoms with van der Waals surface area (Å²) in [6.45, 7) is 0. The van der Waals surface area contributed by atoms with Gasteiger partial charge in [0.1, 0.15) is 11.5 Å². The maximum Gasteiger partial charge on any atom is 0.141 e. The normalized spacial score (nSPS) is 12.5. The van der Waals surface area contributed by atoms with Crippen molar-refractivity contribution in [1.82, 2.24) is 0 Å². The molecule has 0 saturated heterocycles. The molecule has 0 unspecified atom stereocenters. The third-order valence-corrected chi connectivity index (χ3v) is 3.35. The summed E-state index contributed by atoms with van der Waals surface area (Å²) in [6, 6.07) is 13.7. The molecule has 0 amide bonds. The first-order valence-corrected chi connectivity index (χ1v) is 5.49. The molecule has 0 fully saturated rings. The van der Waals surface area contributed by atoms with Gasteiger partial charge in [-0.1, -0.05) is 23.9 Å². The van der Waals surface area contributed by atoms with Crippen LogP contribution in [-0.4, -0.2) is 0 Å². The summed E-state index contributed by atoms with van der Waals surface area (Å²) < 4.78 is 5.76. The molecule has 0 bridgehead atoms. The fourth-order valence-corrected chi connectivity index (χ4v) is 2.54. The smallest absolute Gasteiger partial charge is 0.141 e. The topological polar surface area (TPSA) is 35.2 Å². The van der Waals surface area contributed by atoms with E-state index in [0.717, 1.165) is 27.0 Å². The second-order valence-corrected chi connectivity index (χ2v) is 4.44. The van der Waals surface area contributed by atoms with Crippen molar-refractivity contribution in [3.63, 3.8) is 0 Å². The van der Waals surface area contributed by atoms with Crippen molar-refractivity contribution >= 4 is 17.4 Å². The van der Waals surface area contributed by atoms with Crippen LogP contribution in [0.15, 0.2) is 52.3 Å². The molecule has 1 aliphatic heterocycles. The van der Waals surface area contributed by atoms with Crippen LogP contribution in [0, 0.1) is 0 Å². The number of hydrogen-bond donors (Lipinski definition) is 1. The number of hydrogen-bond acceptors (Lipinski definition) is 3. The Kier molecular flexibility index (Phi) is 1.86. The third-order valence-electron chi connectivity index (χ3n) is 2.26. The molecule has 0 atom stereocenters. The van der Waals surface area contributed by atoms with E-state index in [9.17, 15) is 0 Å². The number of benzene rings is 2. The van der Waals surface area contributed by atoms with Gasteiger partial charge in [0.15, 0.2) is 0 Å². The van der Waals surface area contributed by atoms with Gasteiger partial charge in [0, 0.05) is 5.69 Å². The Morgan fingerprint density at radius 1 is 0.933 bits per heavy atom. The van der Waals surface area contributed by atoms with Crippen LogP contribution in [-0.2, 0) is 0 Å². The van der Waals surface area contributed by atoms with Crippen molar-refractivity contribution in [3.05, 3.63) is 42.5 Å². The van der Waals surface area contributed by atoms with Crippen LogP contribution in [0.1, 0.15) is 0 Å². The molecule has 1 heterocycles. The predicted octanol–water partition coefficient (Wildman–Crippen LogP) is 3.53. The van der Waals surface area contributed by atoms with E-state index in [4.69, 9.17) is 10.5 Å². The van der Waals surface area contributed by atoms with E-state index >= 15 is 0 Å². The summed E-state index contributed by atoms with van der Waals surface area (Å²) in [5.41, 5.74) is 6.50. The molecule has 3 heteroatoms. The van der Waals surface area contributed by atoms with Gasteiger partial charge in [0.05, 0.1) is 9.79 Å². The summed E-state index contributed by atoms with van der Waals surface area (Å²) in [4.78, 5) is 2.21. The molecule has 0 spiro atoms. The lowest BCUT2D eigenvalue weighted by molar-refractivity contribution is 0.454. The lowest BCUT2D eigenvalue weighted by Crippen LogP contribution is -1.95. The van der Waals surface area contributed by atoms with Crippen LogP contribution in [0.5, 0.6) is 11.5 Å². The first-order chi connectivity index (χ1) is 7.33. The van der Waals surface area contributed by atoms with Crippen LogP contribution >= 0.6 is 11.8 Å². The van der Waals surface area contributed by atoms with Crippen LogP contribution in [0.25, 0.3) is 0 Å². The van der Waals surface area contributed by atoms with Crippen molar-refractivity contribution in [1.29, 1.82) is 0 Å². The summed E-state index contributed by atoms with van der Waals surface area (Å²) in [5, 5.41) is 0. The van der Waals surface area contributed by atoms with E-state index < -0.39 is 0 Å². The molecular weight excluding hydrogens is 206 g/mol. The van der Waals surface area contributed by atoms with Gasteiger partial charge in [0.25, 0.3) is 0 Å². The maximum absolute atomic E-state index is 5.76. The highest BCUT2D eigenvalue weighted by molar-refractivity contribution is 7.99. The molecule has 2 nitrogen and oxygen atoms in total. The van der Waals surface area contributed by atoms with Gasteiger partial charge in [-0.2, -0.15) is 0 Å². The predicted molar refractivity (Wildman–Crippen MR) is 61.5 cm³/mol. The molecule has 2 N–H and O–H groups in total. The number of para-hydroxylation sites is 1. The quantitative estimate of drug-likeness (QED) is 0.583. The third kappa shape index (κ3) is 1.45. The average Bonchev–Trinajstić information content (AvgIpc) is 2.26. The Balaban J connectivity index is 2.11. The summed E-state index contributed by atoms with van der Waals surface area (Å²) in [6.07, 6.45) is 0. The average molecular weight is 215 g/mol. The molecule has 1 aliphatic rings. The van der Waals surface area contributed by atoms with Crippen LogP contribution in [0.2, 0.25) is 0 Å². The molecule has 0 aromatic heterocycles. The SMILES string of the molecule is Nc1ccc2c(c1)Sc1ccccc1O2. The van der Waals surface area contributed by atoms with Crippen LogP contribution in [0.4, 0.5) is 5.69 Å². The lowest BCUT2D eigenvalue weighted by atomic mass is 10.3.